The summed E-state index contributed by atoms with van der Waals surface area (Å²) in [6.45, 7) is 0.173. The van der Waals surface area contributed by atoms with E-state index in [4.69, 9.17) is 21.6 Å². The molecule has 1 heterocycles. The number of hydrogen-bond acceptors (Lipinski definition) is 6. The number of thioether (sulfide) groups is 1. The average molecular weight is 415 g/mol. The lowest BCUT2D eigenvalue weighted by atomic mass is 10.2. The van der Waals surface area contributed by atoms with Crippen LogP contribution in [0.5, 0.6) is 5.75 Å². The lowest BCUT2D eigenvalue weighted by molar-refractivity contribution is 0.126. The number of aliphatic hydroxyl groups excluding tert-OH is 1. The molecule has 3 aromatic rings. The second-order valence-electron chi connectivity index (χ2n) is 6.13. The molecular weight excluding hydrogens is 396 g/mol. The van der Waals surface area contributed by atoms with E-state index in [0.717, 1.165) is 17.0 Å². The summed E-state index contributed by atoms with van der Waals surface area (Å²) >= 11 is 7.34. The molecule has 0 unspecified atom stereocenters. The standard InChI is InChI=1S/C20H19ClN4O2S/c1-25-19(15-4-6-16(21)7-5-15)23-24-20(25)28-13-17(26)12-27-18-8-2-14(3-9-18)10-11-22/h2-9,17,26H,10,12-13H2,1H3/t17-/m1/s1. The maximum Gasteiger partial charge on any atom is 0.191 e. The van der Waals surface area contributed by atoms with Gasteiger partial charge in [-0.2, -0.15) is 5.26 Å². The van der Waals surface area contributed by atoms with Crippen LogP contribution in [-0.4, -0.2) is 38.3 Å². The highest BCUT2D eigenvalue weighted by molar-refractivity contribution is 7.99. The molecule has 0 radical (unpaired) electrons. The molecule has 6 nitrogen and oxygen atoms in total. The van der Waals surface area contributed by atoms with Gasteiger partial charge in [-0.1, -0.05) is 35.5 Å². The number of aliphatic hydroxyl groups is 1. The Morgan fingerprint density at radius 2 is 1.89 bits per heavy atom. The van der Waals surface area contributed by atoms with E-state index < -0.39 is 6.10 Å². The first-order chi connectivity index (χ1) is 13.6. The Hall–Kier alpha value is -2.53. The molecule has 0 fully saturated rings. The molecule has 0 saturated heterocycles. The summed E-state index contributed by atoms with van der Waals surface area (Å²) in [7, 11) is 1.89. The number of hydrogen-bond donors (Lipinski definition) is 1. The summed E-state index contributed by atoms with van der Waals surface area (Å²) in [5, 5.41) is 28.7. The smallest absolute Gasteiger partial charge is 0.191 e. The lowest BCUT2D eigenvalue weighted by Gasteiger charge is -2.12. The number of ether oxygens (including phenoxy) is 1. The predicted octanol–water partition coefficient (Wildman–Crippen LogP) is 3.73. The van der Waals surface area contributed by atoms with Gasteiger partial charge in [0.1, 0.15) is 12.4 Å². The molecule has 0 aliphatic carbocycles. The molecule has 3 rings (SSSR count). The third-order valence-corrected chi connectivity index (χ3v) is 5.41. The Morgan fingerprint density at radius 3 is 2.57 bits per heavy atom. The number of benzene rings is 2. The molecule has 0 bridgehead atoms. The molecule has 1 atom stereocenters. The van der Waals surface area contributed by atoms with Crippen molar-refractivity contribution in [2.75, 3.05) is 12.4 Å². The molecule has 0 aliphatic rings. The van der Waals surface area contributed by atoms with Gasteiger partial charge in [-0.05, 0) is 42.0 Å². The zero-order chi connectivity index (χ0) is 19.9. The zero-order valence-corrected chi connectivity index (χ0v) is 16.8. The molecule has 0 amide bonds. The van der Waals surface area contributed by atoms with E-state index in [1.54, 1.807) is 12.1 Å². The van der Waals surface area contributed by atoms with Crippen molar-refractivity contribution in [3.05, 3.63) is 59.1 Å². The Morgan fingerprint density at radius 1 is 1.18 bits per heavy atom. The average Bonchev–Trinajstić information content (AvgIpc) is 3.07. The number of aromatic nitrogens is 3. The largest absolute Gasteiger partial charge is 0.491 e. The van der Waals surface area contributed by atoms with Crippen LogP contribution in [0.25, 0.3) is 11.4 Å². The molecule has 0 aliphatic heterocycles. The molecule has 144 valence electrons. The normalized spacial score (nSPS) is 11.8. The summed E-state index contributed by atoms with van der Waals surface area (Å²) in [4.78, 5) is 0. The first-order valence-corrected chi connectivity index (χ1v) is 9.98. The van der Waals surface area contributed by atoms with Gasteiger partial charge < -0.3 is 14.4 Å². The van der Waals surface area contributed by atoms with Crippen molar-refractivity contribution < 1.29 is 9.84 Å². The van der Waals surface area contributed by atoms with E-state index in [2.05, 4.69) is 16.3 Å². The lowest BCUT2D eigenvalue weighted by Crippen LogP contribution is -2.20. The highest BCUT2D eigenvalue weighted by Crippen LogP contribution is 2.24. The topological polar surface area (TPSA) is 84.0 Å². The first-order valence-electron chi connectivity index (χ1n) is 8.61. The minimum absolute atomic E-state index is 0.173. The maximum absolute atomic E-state index is 10.2. The van der Waals surface area contributed by atoms with E-state index in [0.29, 0.717) is 28.1 Å². The van der Waals surface area contributed by atoms with E-state index in [-0.39, 0.29) is 6.61 Å². The second kappa shape index (κ2) is 9.60. The third-order valence-electron chi connectivity index (χ3n) is 3.99. The molecule has 1 N–H and O–H groups in total. The first kappa shape index (κ1) is 20.2. The van der Waals surface area contributed by atoms with Crippen molar-refractivity contribution >= 4 is 23.4 Å². The molecule has 1 aromatic heterocycles. The zero-order valence-electron chi connectivity index (χ0n) is 15.2. The van der Waals surface area contributed by atoms with Gasteiger partial charge in [0.2, 0.25) is 0 Å². The quantitative estimate of drug-likeness (QED) is 0.565. The van der Waals surface area contributed by atoms with Crippen LogP contribution in [0, 0.1) is 11.3 Å². The molecule has 8 heteroatoms. The fourth-order valence-electron chi connectivity index (χ4n) is 2.50. The van der Waals surface area contributed by atoms with Crippen LogP contribution in [0.2, 0.25) is 5.02 Å². The Bertz CT molecular complexity index is 952. The van der Waals surface area contributed by atoms with Gasteiger partial charge in [0.15, 0.2) is 11.0 Å². The van der Waals surface area contributed by atoms with Crippen LogP contribution in [0.1, 0.15) is 5.56 Å². The maximum atomic E-state index is 10.2. The molecular formula is C20H19ClN4O2S. The van der Waals surface area contributed by atoms with E-state index in [9.17, 15) is 5.11 Å². The van der Waals surface area contributed by atoms with Crippen molar-refractivity contribution in [3.63, 3.8) is 0 Å². The Balaban J connectivity index is 1.51. The van der Waals surface area contributed by atoms with Gasteiger partial charge in [-0.25, -0.2) is 0 Å². The van der Waals surface area contributed by atoms with E-state index in [1.807, 2.05) is 48.0 Å². The summed E-state index contributed by atoms with van der Waals surface area (Å²) in [6, 6.07) is 16.8. The predicted molar refractivity (Wildman–Crippen MR) is 109 cm³/mol. The minimum Gasteiger partial charge on any atom is -0.491 e. The summed E-state index contributed by atoms with van der Waals surface area (Å²) in [5.74, 6) is 1.83. The van der Waals surface area contributed by atoms with Crippen molar-refractivity contribution in [1.82, 2.24) is 14.8 Å². The van der Waals surface area contributed by atoms with Gasteiger partial charge in [-0.3, -0.25) is 0 Å². The van der Waals surface area contributed by atoms with E-state index in [1.165, 1.54) is 11.8 Å². The van der Waals surface area contributed by atoms with E-state index >= 15 is 0 Å². The fourth-order valence-corrected chi connectivity index (χ4v) is 3.44. The number of nitrogens with zero attached hydrogens (tertiary/aromatic N) is 4. The number of halogens is 1. The van der Waals surface area contributed by atoms with Gasteiger partial charge in [0.25, 0.3) is 0 Å². The molecule has 28 heavy (non-hydrogen) atoms. The van der Waals surface area contributed by atoms with Crippen LogP contribution in [0.3, 0.4) is 0 Å². The van der Waals surface area contributed by atoms with Gasteiger partial charge in [0, 0.05) is 23.4 Å². The summed E-state index contributed by atoms with van der Waals surface area (Å²) < 4.78 is 7.49. The minimum atomic E-state index is -0.653. The van der Waals surface area contributed by atoms with Crippen molar-refractivity contribution in [2.24, 2.45) is 7.05 Å². The summed E-state index contributed by atoms with van der Waals surface area (Å²) in [5.41, 5.74) is 1.86. The molecule has 0 spiro atoms. The van der Waals surface area contributed by atoms with Crippen molar-refractivity contribution in [1.29, 1.82) is 5.26 Å². The van der Waals surface area contributed by atoms with Gasteiger partial charge >= 0.3 is 0 Å². The number of nitriles is 1. The summed E-state index contributed by atoms with van der Waals surface area (Å²) in [6.07, 6.45) is -0.283. The SMILES string of the molecule is Cn1c(SC[C@H](O)COc2ccc(CC#N)cc2)nnc1-c1ccc(Cl)cc1. The fraction of sp³-hybridized carbons (Fsp3) is 0.250. The van der Waals surface area contributed by atoms with Gasteiger partial charge in [-0.15, -0.1) is 10.2 Å². The molecule has 0 saturated carbocycles. The highest BCUT2D eigenvalue weighted by atomic mass is 35.5. The van der Waals surface area contributed by atoms with Crippen LogP contribution < -0.4 is 4.74 Å². The Kier molecular flexibility index (Phi) is 6.93. The van der Waals surface area contributed by atoms with Crippen LogP contribution in [0.4, 0.5) is 0 Å². The van der Waals surface area contributed by atoms with Crippen LogP contribution in [-0.2, 0) is 13.5 Å². The Labute approximate surface area is 172 Å². The van der Waals surface area contributed by atoms with Crippen LogP contribution >= 0.6 is 23.4 Å². The molecule has 2 aromatic carbocycles. The number of rotatable bonds is 8. The second-order valence-corrected chi connectivity index (χ2v) is 7.55. The monoisotopic (exact) mass is 414 g/mol. The van der Waals surface area contributed by atoms with Crippen LogP contribution in [0.15, 0.2) is 53.7 Å². The van der Waals surface area contributed by atoms with Crippen molar-refractivity contribution in [3.8, 4) is 23.2 Å². The third kappa shape index (κ3) is 5.26. The van der Waals surface area contributed by atoms with Gasteiger partial charge in [0.05, 0.1) is 18.6 Å². The highest BCUT2D eigenvalue weighted by Gasteiger charge is 2.14. The van der Waals surface area contributed by atoms with Crippen molar-refractivity contribution in [2.45, 2.75) is 17.7 Å².